The molecule has 1 aromatic rings. The first kappa shape index (κ1) is 12.6. The molecule has 0 aromatic heterocycles. The summed E-state index contributed by atoms with van der Waals surface area (Å²) in [7, 11) is 3.43. The van der Waals surface area contributed by atoms with Gasteiger partial charge in [-0.3, -0.25) is 0 Å². The van der Waals surface area contributed by atoms with Crippen LogP contribution < -0.4 is 5.32 Å². The highest BCUT2D eigenvalue weighted by Gasteiger charge is 2.06. The van der Waals surface area contributed by atoms with Crippen molar-refractivity contribution < 1.29 is 4.79 Å². The Hall–Kier alpha value is -1.51. The zero-order valence-electron chi connectivity index (χ0n) is 10.4. The molecule has 88 valence electrons. The molecule has 1 aromatic carbocycles. The molecule has 0 fully saturated rings. The smallest absolute Gasteiger partial charge is 0.317 e. The highest BCUT2D eigenvalue weighted by Crippen LogP contribution is 2.15. The predicted molar refractivity (Wildman–Crippen MR) is 66.5 cm³/mol. The van der Waals surface area contributed by atoms with Gasteiger partial charge in [0.05, 0.1) is 0 Å². The summed E-state index contributed by atoms with van der Waals surface area (Å²) in [5, 5.41) is 2.60. The van der Waals surface area contributed by atoms with E-state index in [4.69, 9.17) is 0 Å². The van der Waals surface area contributed by atoms with Gasteiger partial charge in [0.25, 0.3) is 0 Å². The third-order valence-corrected chi connectivity index (χ3v) is 2.63. The average Bonchev–Trinajstić information content (AvgIpc) is 2.28. The number of carbonyl (C=O) groups is 1. The first-order valence-corrected chi connectivity index (χ1v) is 5.56. The Labute approximate surface area is 97.5 Å². The van der Waals surface area contributed by atoms with Crippen LogP contribution in [0.1, 0.15) is 30.9 Å². The summed E-state index contributed by atoms with van der Waals surface area (Å²) in [4.78, 5) is 13.0. The van der Waals surface area contributed by atoms with E-state index in [9.17, 15) is 4.79 Å². The predicted octanol–water partition coefficient (Wildman–Crippen LogP) is 2.58. The fraction of sp³-hybridized carbons (Fsp3) is 0.462. The lowest BCUT2D eigenvalue weighted by Crippen LogP contribution is -2.34. The Morgan fingerprint density at radius 3 is 2.31 bits per heavy atom. The first-order valence-electron chi connectivity index (χ1n) is 5.56. The van der Waals surface area contributed by atoms with E-state index in [1.807, 2.05) is 0 Å². The Kier molecular flexibility index (Phi) is 4.35. The molecule has 0 aliphatic carbocycles. The first-order chi connectivity index (χ1) is 7.54. The van der Waals surface area contributed by atoms with E-state index < -0.39 is 0 Å². The molecule has 0 unspecified atom stereocenters. The third kappa shape index (κ3) is 3.26. The Bertz CT molecular complexity index is 343. The van der Waals surface area contributed by atoms with Gasteiger partial charge in [-0.1, -0.05) is 38.1 Å². The molecule has 0 aliphatic heterocycles. The molecule has 3 heteroatoms. The maximum atomic E-state index is 11.3. The quantitative estimate of drug-likeness (QED) is 0.834. The minimum atomic E-state index is -0.0621. The van der Waals surface area contributed by atoms with Crippen LogP contribution in [0, 0.1) is 0 Å². The van der Waals surface area contributed by atoms with Gasteiger partial charge in [-0.2, -0.15) is 0 Å². The molecule has 0 atom stereocenters. The molecule has 16 heavy (non-hydrogen) atoms. The van der Waals surface area contributed by atoms with Crippen LogP contribution in [0.2, 0.25) is 0 Å². The van der Waals surface area contributed by atoms with Crippen molar-refractivity contribution in [1.29, 1.82) is 0 Å². The van der Waals surface area contributed by atoms with Gasteiger partial charge in [0, 0.05) is 20.6 Å². The molecule has 0 spiro atoms. The standard InChI is InChI=1S/C13H20N2O/c1-10(2)12-7-5-11(6-8-12)9-15(4)13(16)14-3/h5-8,10H,9H2,1-4H3,(H,14,16). The summed E-state index contributed by atoms with van der Waals surface area (Å²) in [6, 6.07) is 8.34. The lowest BCUT2D eigenvalue weighted by Gasteiger charge is -2.16. The van der Waals surface area contributed by atoms with Gasteiger partial charge in [0.15, 0.2) is 0 Å². The molecule has 3 nitrogen and oxygen atoms in total. The molecule has 0 radical (unpaired) electrons. The molecule has 0 bridgehead atoms. The summed E-state index contributed by atoms with van der Waals surface area (Å²) in [5.74, 6) is 0.547. The van der Waals surface area contributed by atoms with Crippen molar-refractivity contribution in [2.75, 3.05) is 14.1 Å². The number of amides is 2. The zero-order valence-corrected chi connectivity index (χ0v) is 10.4. The van der Waals surface area contributed by atoms with Gasteiger partial charge in [-0.05, 0) is 17.0 Å². The second-order valence-electron chi connectivity index (χ2n) is 4.31. The van der Waals surface area contributed by atoms with Crippen LogP contribution in [0.15, 0.2) is 24.3 Å². The van der Waals surface area contributed by atoms with Crippen molar-refractivity contribution in [3.8, 4) is 0 Å². The van der Waals surface area contributed by atoms with Gasteiger partial charge in [0.2, 0.25) is 0 Å². The van der Waals surface area contributed by atoms with Crippen LogP contribution in [0.25, 0.3) is 0 Å². The van der Waals surface area contributed by atoms with E-state index in [2.05, 4.69) is 43.4 Å². The van der Waals surface area contributed by atoms with Gasteiger partial charge < -0.3 is 10.2 Å². The van der Waals surface area contributed by atoms with Crippen LogP contribution in [-0.4, -0.2) is 25.0 Å². The maximum Gasteiger partial charge on any atom is 0.317 e. The van der Waals surface area contributed by atoms with E-state index >= 15 is 0 Å². The van der Waals surface area contributed by atoms with Crippen LogP contribution >= 0.6 is 0 Å². The number of benzene rings is 1. The van der Waals surface area contributed by atoms with Crippen molar-refractivity contribution in [3.63, 3.8) is 0 Å². The zero-order chi connectivity index (χ0) is 12.1. The normalized spacial score (nSPS) is 10.3. The topological polar surface area (TPSA) is 32.3 Å². The van der Waals surface area contributed by atoms with Crippen molar-refractivity contribution in [1.82, 2.24) is 10.2 Å². The highest BCUT2D eigenvalue weighted by molar-refractivity contribution is 5.73. The molecular formula is C13H20N2O. The lowest BCUT2D eigenvalue weighted by atomic mass is 10.0. The number of rotatable bonds is 3. The maximum absolute atomic E-state index is 11.3. The molecule has 1 N–H and O–H groups in total. The second kappa shape index (κ2) is 5.54. The number of nitrogens with zero attached hydrogens (tertiary/aromatic N) is 1. The molecule has 2 amide bonds. The number of hydrogen-bond donors (Lipinski definition) is 1. The summed E-state index contributed by atoms with van der Waals surface area (Å²) in [5.41, 5.74) is 2.47. The SMILES string of the molecule is CNC(=O)N(C)Cc1ccc(C(C)C)cc1. The van der Waals surface area contributed by atoms with Gasteiger partial charge in [-0.25, -0.2) is 4.79 Å². The minimum absolute atomic E-state index is 0.0621. The third-order valence-electron chi connectivity index (χ3n) is 2.63. The van der Waals surface area contributed by atoms with Crippen molar-refractivity contribution in [2.24, 2.45) is 0 Å². The van der Waals surface area contributed by atoms with Crippen LogP contribution in [0.5, 0.6) is 0 Å². The molecule has 0 aliphatic rings. The van der Waals surface area contributed by atoms with Gasteiger partial charge >= 0.3 is 6.03 Å². The van der Waals surface area contributed by atoms with Crippen molar-refractivity contribution in [3.05, 3.63) is 35.4 Å². The Morgan fingerprint density at radius 1 is 1.31 bits per heavy atom. The molecule has 0 saturated carbocycles. The summed E-state index contributed by atoms with van der Waals surface area (Å²) >= 11 is 0. The largest absolute Gasteiger partial charge is 0.341 e. The molecular weight excluding hydrogens is 200 g/mol. The van der Waals surface area contributed by atoms with E-state index in [0.717, 1.165) is 5.56 Å². The van der Waals surface area contributed by atoms with Crippen molar-refractivity contribution >= 4 is 6.03 Å². The Morgan fingerprint density at radius 2 is 1.88 bits per heavy atom. The van der Waals surface area contributed by atoms with Crippen LogP contribution in [0.4, 0.5) is 4.79 Å². The summed E-state index contributed by atoms with van der Waals surface area (Å²) in [6.07, 6.45) is 0. The minimum Gasteiger partial charge on any atom is -0.341 e. The fourth-order valence-corrected chi connectivity index (χ4v) is 1.54. The monoisotopic (exact) mass is 220 g/mol. The molecule has 1 rings (SSSR count). The summed E-state index contributed by atoms with van der Waals surface area (Å²) < 4.78 is 0. The fourth-order valence-electron chi connectivity index (χ4n) is 1.54. The van der Waals surface area contributed by atoms with E-state index in [1.165, 1.54) is 5.56 Å². The van der Waals surface area contributed by atoms with Crippen LogP contribution in [-0.2, 0) is 6.54 Å². The number of carbonyl (C=O) groups excluding carboxylic acids is 1. The highest BCUT2D eigenvalue weighted by atomic mass is 16.2. The van der Waals surface area contributed by atoms with Crippen LogP contribution in [0.3, 0.4) is 0 Å². The molecule has 0 heterocycles. The van der Waals surface area contributed by atoms with E-state index in [0.29, 0.717) is 12.5 Å². The van der Waals surface area contributed by atoms with E-state index in [1.54, 1.807) is 19.0 Å². The van der Waals surface area contributed by atoms with Gasteiger partial charge in [-0.15, -0.1) is 0 Å². The average molecular weight is 220 g/mol. The number of nitrogens with one attached hydrogen (secondary N) is 1. The summed E-state index contributed by atoms with van der Waals surface area (Å²) in [6.45, 7) is 4.98. The van der Waals surface area contributed by atoms with Gasteiger partial charge in [0.1, 0.15) is 0 Å². The van der Waals surface area contributed by atoms with E-state index in [-0.39, 0.29) is 6.03 Å². The number of urea groups is 1. The lowest BCUT2D eigenvalue weighted by molar-refractivity contribution is 0.209. The molecule has 0 saturated heterocycles. The Balaban J connectivity index is 2.65. The second-order valence-corrected chi connectivity index (χ2v) is 4.31. The van der Waals surface area contributed by atoms with Crippen molar-refractivity contribution in [2.45, 2.75) is 26.3 Å². The number of hydrogen-bond acceptors (Lipinski definition) is 1.